The number of rotatable bonds is 5. The summed E-state index contributed by atoms with van der Waals surface area (Å²) < 4.78 is 33.6. The van der Waals surface area contributed by atoms with Gasteiger partial charge in [-0.25, -0.2) is 8.42 Å². The highest BCUT2D eigenvalue weighted by Gasteiger charge is 2.59. The van der Waals surface area contributed by atoms with Crippen molar-refractivity contribution in [2.24, 2.45) is 16.7 Å². The lowest BCUT2D eigenvalue weighted by molar-refractivity contribution is 0.0728. The van der Waals surface area contributed by atoms with E-state index in [2.05, 4.69) is 26.1 Å². The van der Waals surface area contributed by atoms with Gasteiger partial charge in [0.1, 0.15) is 4.90 Å². The number of hydrogen-bond acceptors (Lipinski definition) is 5. The van der Waals surface area contributed by atoms with Crippen LogP contribution in [0, 0.1) is 16.7 Å². The van der Waals surface area contributed by atoms with Crippen LogP contribution in [0.2, 0.25) is 0 Å². The van der Waals surface area contributed by atoms with Crippen LogP contribution in [0.5, 0.6) is 0 Å². The summed E-state index contributed by atoms with van der Waals surface area (Å²) in [5, 5.41) is 3.28. The lowest BCUT2D eigenvalue weighted by Gasteiger charge is -2.43. The van der Waals surface area contributed by atoms with Gasteiger partial charge in [0.15, 0.2) is 0 Å². The molecule has 2 unspecified atom stereocenters. The van der Waals surface area contributed by atoms with Gasteiger partial charge >= 0.3 is 0 Å². The van der Waals surface area contributed by atoms with Crippen molar-refractivity contribution in [3.63, 3.8) is 0 Å². The fourth-order valence-corrected chi connectivity index (χ4v) is 7.73. The number of amides is 1. The summed E-state index contributed by atoms with van der Waals surface area (Å²) in [4.78, 5) is 15.2. The first-order valence-electron chi connectivity index (χ1n) is 11.2. The molecule has 1 aliphatic heterocycles. The summed E-state index contributed by atoms with van der Waals surface area (Å²) in [5.74, 6) is 0.423. The topological polar surface area (TPSA) is 79.0 Å². The summed E-state index contributed by atoms with van der Waals surface area (Å²) in [6.45, 7) is 8.17. The number of nitrogens with one attached hydrogen (secondary N) is 1. The van der Waals surface area contributed by atoms with E-state index in [4.69, 9.17) is 4.74 Å². The van der Waals surface area contributed by atoms with Crippen molar-refractivity contribution in [2.45, 2.75) is 51.0 Å². The second-order valence-electron chi connectivity index (χ2n) is 10.4. The standard InChI is InChI=1S/C23H35N3O4S/c1-22(2)17-8-9-23(3,15-17)21(22)24-20(27)16-6-7-18(25(4)5)19(14-16)31(28,29)26-10-12-30-13-11-26/h6-7,14,17,21H,8-13,15H2,1-5H3,(H,24,27)/t17-,21?,23?/m1/s1. The minimum absolute atomic E-state index is 0.0367. The minimum Gasteiger partial charge on any atom is -0.379 e. The molecule has 31 heavy (non-hydrogen) atoms. The van der Waals surface area contributed by atoms with Crippen molar-refractivity contribution in [1.82, 2.24) is 9.62 Å². The molecule has 0 aromatic heterocycles. The molecule has 0 spiro atoms. The monoisotopic (exact) mass is 449 g/mol. The molecule has 1 aromatic rings. The summed E-state index contributed by atoms with van der Waals surface area (Å²) in [5.41, 5.74) is 1.11. The van der Waals surface area contributed by atoms with Gasteiger partial charge in [0.25, 0.3) is 5.91 Å². The van der Waals surface area contributed by atoms with E-state index in [1.54, 1.807) is 17.0 Å². The summed E-state index contributed by atoms with van der Waals surface area (Å²) in [7, 11) is -0.110. The molecule has 8 heteroatoms. The van der Waals surface area contributed by atoms with Gasteiger partial charge in [0.05, 0.1) is 18.9 Å². The van der Waals surface area contributed by atoms with E-state index in [1.165, 1.54) is 16.8 Å². The first-order valence-corrected chi connectivity index (χ1v) is 12.6. The molecule has 2 aliphatic carbocycles. The molecule has 3 aliphatic rings. The molecule has 172 valence electrons. The van der Waals surface area contributed by atoms with Gasteiger partial charge in [-0.3, -0.25) is 4.79 Å². The molecule has 7 nitrogen and oxygen atoms in total. The average molecular weight is 450 g/mol. The van der Waals surface area contributed by atoms with Gasteiger partial charge in [-0.15, -0.1) is 0 Å². The maximum Gasteiger partial charge on any atom is 0.251 e. The maximum absolute atomic E-state index is 13.4. The van der Waals surface area contributed by atoms with Crippen molar-refractivity contribution in [2.75, 3.05) is 45.3 Å². The predicted octanol–water partition coefficient (Wildman–Crippen LogP) is 2.72. The van der Waals surface area contributed by atoms with Crippen LogP contribution in [0.4, 0.5) is 5.69 Å². The normalized spacial score (nSPS) is 30.4. The zero-order chi connectivity index (χ0) is 22.6. The van der Waals surface area contributed by atoms with Gasteiger partial charge in [-0.1, -0.05) is 20.8 Å². The van der Waals surface area contributed by atoms with Crippen LogP contribution in [-0.2, 0) is 14.8 Å². The summed E-state index contributed by atoms with van der Waals surface area (Å²) >= 11 is 0. The van der Waals surface area contributed by atoms with Crippen LogP contribution < -0.4 is 10.2 Å². The van der Waals surface area contributed by atoms with Gasteiger partial charge in [-0.05, 0) is 54.2 Å². The second kappa shape index (κ2) is 7.74. The molecule has 0 radical (unpaired) electrons. The van der Waals surface area contributed by atoms with Crippen LogP contribution >= 0.6 is 0 Å². The van der Waals surface area contributed by atoms with Crippen molar-refractivity contribution < 1.29 is 17.9 Å². The lowest BCUT2D eigenvalue weighted by atomic mass is 9.68. The highest BCUT2D eigenvalue weighted by atomic mass is 32.2. The quantitative estimate of drug-likeness (QED) is 0.748. The molecule has 1 aromatic carbocycles. The number of nitrogens with zero attached hydrogens (tertiary/aromatic N) is 2. The Hall–Kier alpha value is -1.64. The zero-order valence-corrected chi connectivity index (χ0v) is 20.1. The number of morpholine rings is 1. The molecule has 2 bridgehead atoms. The predicted molar refractivity (Wildman–Crippen MR) is 121 cm³/mol. The van der Waals surface area contributed by atoms with Crippen LogP contribution in [0.3, 0.4) is 0 Å². The van der Waals surface area contributed by atoms with Crippen molar-refractivity contribution in [1.29, 1.82) is 0 Å². The third kappa shape index (κ3) is 3.76. The molecule has 1 heterocycles. The molecular formula is C23H35N3O4S. The van der Waals surface area contributed by atoms with Crippen LogP contribution in [-0.4, -0.2) is 65.1 Å². The molecule has 4 rings (SSSR count). The van der Waals surface area contributed by atoms with E-state index in [9.17, 15) is 13.2 Å². The zero-order valence-electron chi connectivity index (χ0n) is 19.3. The first kappa shape index (κ1) is 22.6. The van der Waals surface area contributed by atoms with Gasteiger partial charge in [0.2, 0.25) is 10.0 Å². The van der Waals surface area contributed by atoms with Crippen LogP contribution in [0.1, 0.15) is 50.4 Å². The Morgan fingerprint density at radius 1 is 1.19 bits per heavy atom. The minimum atomic E-state index is -3.73. The molecular weight excluding hydrogens is 414 g/mol. The van der Waals surface area contributed by atoms with E-state index in [0.29, 0.717) is 43.5 Å². The summed E-state index contributed by atoms with van der Waals surface area (Å²) in [6.07, 6.45) is 3.48. The number of fused-ring (bicyclic) bond motifs is 2. The van der Waals surface area contributed by atoms with Crippen LogP contribution in [0.25, 0.3) is 0 Å². The van der Waals surface area contributed by atoms with Crippen molar-refractivity contribution in [3.05, 3.63) is 23.8 Å². The van der Waals surface area contributed by atoms with E-state index >= 15 is 0 Å². The third-order valence-electron chi connectivity index (χ3n) is 7.84. The average Bonchev–Trinajstić information content (AvgIpc) is 3.22. The second-order valence-corrected chi connectivity index (χ2v) is 12.3. The van der Waals surface area contributed by atoms with Gasteiger partial charge in [0, 0.05) is 38.8 Å². The first-order chi connectivity index (χ1) is 14.5. The Kier molecular flexibility index (Phi) is 5.63. The van der Waals surface area contributed by atoms with Crippen molar-refractivity contribution >= 4 is 21.6 Å². The Balaban J connectivity index is 1.65. The number of benzene rings is 1. The number of sulfonamides is 1. The number of ether oxygens (including phenoxy) is 1. The highest BCUT2D eigenvalue weighted by Crippen LogP contribution is 2.62. The van der Waals surface area contributed by atoms with E-state index in [1.807, 2.05) is 14.1 Å². The fraction of sp³-hybridized carbons (Fsp3) is 0.696. The number of anilines is 1. The van der Waals surface area contributed by atoms with E-state index in [0.717, 1.165) is 12.8 Å². The molecule has 2 saturated carbocycles. The molecule has 3 fully saturated rings. The Bertz CT molecular complexity index is 964. The smallest absolute Gasteiger partial charge is 0.251 e. The number of hydrogen-bond donors (Lipinski definition) is 1. The van der Waals surface area contributed by atoms with E-state index < -0.39 is 10.0 Å². The lowest BCUT2D eigenvalue weighted by Crippen LogP contribution is -2.52. The number of carbonyl (C=O) groups is 1. The van der Waals surface area contributed by atoms with Gasteiger partial charge in [-0.2, -0.15) is 4.31 Å². The third-order valence-corrected chi connectivity index (χ3v) is 9.76. The van der Waals surface area contributed by atoms with E-state index in [-0.39, 0.29) is 27.7 Å². The molecule has 1 amide bonds. The largest absolute Gasteiger partial charge is 0.379 e. The Morgan fingerprint density at radius 2 is 1.87 bits per heavy atom. The van der Waals surface area contributed by atoms with Gasteiger partial charge < -0.3 is 15.0 Å². The SMILES string of the molecule is CN(C)c1ccc(C(=O)NC2C3(C)CC[C@H](C3)C2(C)C)cc1S(=O)(=O)N1CCOCC1. The highest BCUT2D eigenvalue weighted by molar-refractivity contribution is 7.89. The fourth-order valence-electron chi connectivity index (χ4n) is 6.03. The molecule has 1 N–H and O–H groups in total. The number of carbonyl (C=O) groups excluding carboxylic acids is 1. The summed E-state index contributed by atoms with van der Waals surface area (Å²) in [6, 6.07) is 5.08. The Labute approximate surface area is 186 Å². The van der Waals surface area contributed by atoms with Crippen molar-refractivity contribution in [3.8, 4) is 0 Å². The van der Waals surface area contributed by atoms with Crippen LogP contribution in [0.15, 0.2) is 23.1 Å². The Morgan fingerprint density at radius 3 is 2.45 bits per heavy atom. The molecule has 1 saturated heterocycles. The molecule has 3 atom stereocenters. The maximum atomic E-state index is 13.4.